The summed E-state index contributed by atoms with van der Waals surface area (Å²) in [5, 5.41) is 6.41. The van der Waals surface area contributed by atoms with Gasteiger partial charge in [0.25, 0.3) is 5.91 Å². The molecule has 2 aliphatic heterocycles. The van der Waals surface area contributed by atoms with Gasteiger partial charge in [-0.15, -0.1) is 0 Å². The largest absolute Gasteiger partial charge is 0.470 e. The molecule has 162 valence electrons. The lowest BCUT2D eigenvalue weighted by Crippen LogP contribution is -2.51. The SMILES string of the molecule is Cc1cn(-c2ccc(C=CC3=NCC(=O)N(c4ccc(F)cc4)N3C)c3c2NCO3)cn1. The summed E-state index contributed by atoms with van der Waals surface area (Å²) in [6.07, 6.45) is 7.47. The number of hydrogen-bond donors (Lipinski definition) is 1. The number of hydrazine groups is 1. The van der Waals surface area contributed by atoms with Gasteiger partial charge in [-0.2, -0.15) is 0 Å². The predicted octanol–water partition coefficient (Wildman–Crippen LogP) is 3.39. The summed E-state index contributed by atoms with van der Waals surface area (Å²) in [5.41, 5.74) is 4.24. The molecule has 0 saturated heterocycles. The summed E-state index contributed by atoms with van der Waals surface area (Å²) in [4.78, 5) is 21.1. The second-order valence-corrected chi connectivity index (χ2v) is 7.48. The van der Waals surface area contributed by atoms with Gasteiger partial charge in [-0.1, -0.05) is 0 Å². The van der Waals surface area contributed by atoms with Crippen molar-refractivity contribution in [3.63, 3.8) is 0 Å². The van der Waals surface area contributed by atoms with E-state index in [9.17, 15) is 9.18 Å². The van der Waals surface area contributed by atoms with Crippen molar-refractivity contribution in [1.82, 2.24) is 14.6 Å². The third kappa shape index (κ3) is 3.47. The topological polar surface area (TPSA) is 75.0 Å². The Balaban J connectivity index is 1.43. The van der Waals surface area contributed by atoms with Crippen LogP contribution in [0.2, 0.25) is 0 Å². The van der Waals surface area contributed by atoms with Crippen molar-refractivity contribution in [3.8, 4) is 11.4 Å². The normalized spacial score (nSPS) is 15.6. The lowest BCUT2D eigenvalue weighted by Gasteiger charge is -2.35. The molecule has 3 heterocycles. The van der Waals surface area contributed by atoms with Gasteiger partial charge in [0, 0.05) is 18.8 Å². The molecule has 0 bridgehead atoms. The van der Waals surface area contributed by atoms with Gasteiger partial charge in [-0.05, 0) is 55.5 Å². The summed E-state index contributed by atoms with van der Waals surface area (Å²) in [5.74, 6) is 0.801. The Kier molecular flexibility index (Phi) is 4.85. The lowest BCUT2D eigenvalue weighted by atomic mass is 10.1. The van der Waals surface area contributed by atoms with Crippen molar-refractivity contribution in [2.75, 3.05) is 30.6 Å². The van der Waals surface area contributed by atoms with Gasteiger partial charge in [-0.25, -0.2) is 14.4 Å². The molecule has 0 fully saturated rings. The van der Waals surface area contributed by atoms with Crippen LogP contribution in [0.3, 0.4) is 0 Å². The second-order valence-electron chi connectivity index (χ2n) is 7.48. The first-order valence-corrected chi connectivity index (χ1v) is 10.1. The lowest BCUT2D eigenvalue weighted by molar-refractivity contribution is -0.119. The van der Waals surface area contributed by atoms with E-state index in [1.807, 2.05) is 42.0 Å². The number of carbonyl (C=O) groups is 1. The molecule has 1 N–H and O–H groups in total. The number of nitrogens with zero attached hydrogens (tertiary/aromatic N) is 5. The molecule has 3 aromatic rings. The van der Waals surface area contributed by atoms with Crippen LogP contribution in [0.1, 0.15) is 11.3 Å². The van der Waals surface area contributed by atoms with E-state index in [-0.39, 0.29) is 18.3 Å². The molecule has 0 radical (unpaired) electrons. The number of anilines is 2. The number of halogens is 1. The molecule has 9 heteroatoms. The highest BCUT2D eigenvalue weighted by atomic mass is 19.1. The van der Waals surface area contributed by atoms with Crippen molar-refractivity contribution in [2.24, 2.45) is 4.99 Å². The number of aliphatic imine (C=N–C) groups is 1. The number of amidine groups is 1. The average molecular weight is 432 g/mol. The molecule has 0 spiro atoms. The first-order chi connectivity index (χ1) is 15.5. The van der Waals surface area contributed by atoms with Crippen LogP contribution >= 0.6 is 0 Å². The fraction of sp³-hybridized carbons (Fsp3) is 0.174. The minimum atomic E-state index is -0.355. The van der Waals surface area contributed by atoms with Crippen LogP contribution in [0, 0.1) is 12.7 Å². The molecule has 1 aromatic heterocycles. The number of benzene rings is 2. The van der Waals surface area contributed by atoms with Crippen LogP contribution < -0.4 is 15.1 Å². The number of aryl methyl sites for hydroxylation is 1. The summed E-state index contributed by atoms with van der Waals surface area (Å²) < 4.78 is 21.1. The number of aromatic nitrogens is 2. The van der Waals surface area contributed by atoms with E-state index < -0.39 is 0 Å². The van der Waals surface area contributed by atoms with E-state index in [2.05, 4.69) is 15.3 Å². The van der Waals surface area contributed by atoms with Crippen LogP contribution in [0.5, 0.6) is 5.75 Å². The third-order valence-electron chi connectivity index (χ3n) is 5.35. The highest BCUT2D eigenvalue weighted by Crippen LogP contribution is 2.39. The number of rotatable bonds is 4. The molecule has 2 aromatic carbocycles. The maximum absolute atomic E-state index is 13.3. The Morgan fingerprint density at radius 1 is 1.16 bits per heavy atom. The van der Waals surface area contributed by atoms with Crippen molar-refractivity contribution in [2.45, 2.75) is 6.92 Å². The zero-order valence-corrected chi connectivity index (χ0v) is 17.6. The molecule has 1 amide bonds. The van der Waals surface area contributed by atoms with Crippen molar-refractivity contribution >= 4 is 29.2 Å². The Morgan fingerprint density at radius 2 is 1.97 bits per heavy atom. The number of imidazole rings is 1. The number of amides is 1. The van der Waals surface area contributed by atoms with Crippen molar-refractivity contribution < 1.29 is 13.9 Å². The Hall–Kier alpha value is -4.14. The first kappa shape index (κ1) is 19.8. The number of likely N-dealkylation sites (N-methyl/N-ethyl adjacent to an activating group) is 1. The van der Waals surface area contributed by atoms with Crippen LogP contribution in [0.15, 0.2) is 60.0 Å². The molecule has 0 aliphatic carbocycles. The summed E-state index contributed by atoms with van der Waals surface area (Å²) in [6, 6.07) is 9.77. The zero-order valence-electron chi connectivity index (χ0n) is 17.6. The van der Waals surface area contributed by atoms with Crippen molar-refractivity contribution in [3.05, 3.63) is 72.1 Å². The van der Waals surface area contributed by atoms with Crippen LogP contribution in [-0.2, 0) is 4.79 Å². The van der Waals surface area contributed by atoms with Crippen LogP contribution in [0.4, 0.5) is 15.8 Å². The van der Waals surface area contributed by atoms with E-state index in [1.54, 1.807) is 30.5 Å². The Morgan fingerprint density at radius 3 is 2.72 bits per heavy atom. The second kappa shape index (κ2) is 7.84. The zero-order chi connectivity index (χ0) is 22.2. The highest BCUT2D eigenvalue weighted by molar-refractivity contribution is 6.07. The van der Waals surface area contributed by atoms with E-state index >= 15 is 0 Å². The number of ether oxygens (including phenoxy) is 1. The number of hydrogen-bond acceptors (Lipinski definition) is 6. The Labute approximate surface area is 184 Å². The molecular formula is C23H21FN6O2. The molecule has 0 unspecified atom stereocenters. The summed E-state index contributed by atoms with van der Waals surface area (Å²) >= 11 is 0. The maximum atomic E-state index is 13.3. The van der Waals surface area contributed by atoms with E-state index in [0.29, 0.717) is 18.3 Å². The van der Waals surface area contributed by atoms with Gasteiger partial charge in [0.05, 0.1) is 23.4 Å². The molecule has 0 atom stereocenters. The molecule has 2 aliphatic rings. The molecule has 5 rings (SSSR count). The fourth-order valence-electron chi connectivity index (χ4n) is 3.81. The van der Waals surface area contributed by atoms with Gasteiger partial charge >= 0.3 is 0 Å². The van der Waals surface area contributed by atoms with Crippen LogP contribution in [0.25, 0.3) is 11.8 Å². The number of carbonyl (C=O) groups excluding carboxylic acids is 1. The smallest absolute Gasteiger partial charge is 0.267 e. The van der Waals surface area contributed by atoms with Gasteiger partial charge in [0.1, 0.15) is 23.9 Å². The number of fused-ring (bicyclic) bond motifs is 1. The summed E-state index contributed by atoms with van der Waals surface area (Å²) in [7, 11) is 1.75. The fourth-order valence-corrected chi connectivity index (χ4v) is 3.81. The minimum Gasteiger partial charge on any atom is -0.470 e. The molecule has 32 heavy (non-hydrogen) atoms. The molecule has 0 saturated carbocycles. The monoisotopic (exact) mass is 432 g/mol. The van der Waals surface area contributed by atoms with Gasteiger partial charge in [0.15, 0.2) is 12.5 Å². The maximum Gasteiger partial charge on any atom is 0.267 e. The minimum absolute atomic E-state index is 0.0104. The highest BCUT2D eigenvalue weighted by Gasteiger charge is 2.26. The molecule has 8 nitrogen and oxygen atoms in total. The predicted molar refractivity (Wildman–Crippen MR) is 120 cm³/mol. The van der Waals surface area contributed by atoms with E-state index in [4.69, 9.17) is 4.74 Å². The average Bonchev–Trinajstić information content (AvgIpc) is 3.44. The summed E-state index contributed by atoms with van der Waals surface area (Å²) in [6.45, 7) is 2.34. The Bertz CT molecular complexity index is 1250. The quantitative estimate of drug-likeness (QED) is 0.684. The standard InChI is InChI=1S/C23H21FN6O2/c1-15-12-29(13-26-15)19-9-3-16(23-22(19)27-14-32-23)4-10-20-25-11-21(31)30(28(20)2)18-7-5-17(24)6-8-18/h3-10,12-13,27H,11,14H2,1-2H3. The first-order valence-electron chi connectivity index (χ1n) is 10.1. The van der Waals surface area contributed by atoms with E-state index in [0.717, 1.165) is 28.4 Å². The van der Waals surface area contributed by atoms with Gasteiger partial charge < -0.3 is 14.6 Å². The van der Waals surface area contributed by atoms with Gasteiger partial charge in [0.2, 0.25) is 0 Å². The third-order valence-corrected chi connectivity index (χ3v) is 5.35. The van der Waals surface area contributed by atoms with Crippen molar-refractivity contribution in [1.29, 1.82) is 0 Å². The molecular weight excluding hydrogens is 411 g/mol. The van der Waals surface area contributed by atoms with Crippen LogP contribution in [-0.4, -0.2) is 46.6 Å². The van der Waals surface area contributed by atoms with E-state index in [1.165, 1.54) is 17.1 Å². The number of nitrogens with one attached hydrogen (secondary N) is 1. The van der Waals surface area contributed by atoms with Gasteiger partial charge in [-0.3, -0.25) is 14.8 Å².